The summed E-state index contributed by atoms with van der Waals surface area (Å²) in [7, 11) is 0. The molecule has 78 valence electrons. The van der Waals surface area contributed by atoms with E-state index in [1.807, 2.05) is 24.6 Å². The van der Waals surface area contributed by atoms with Gasteiger partial charge in [0.1, 0.15) is 0 Å². The number of nitrogens with two attached hydrogens (primary N) is 1. The molecule has 0 aliphatic carbocycles. The van der Waals surface area contributed by atoms with E-state index in [0.29, 0.717) is 6.42 Å². The summed E-state index contributed by atoms with van der Waals surface area (Å²) < 4.78 is 1.97. The molecule has 0 radical (unpaired) electrons. The highest BCUT2D eigenvalue weighted by molar-refractivity contribution is 5.74. The third-order valence-electron chi connectivity index (χ3n) is 1.94. The van der Waals surface area contributed by atoms with Gasteiger partial charge in [-0.25, -0.2) is 4.98 Å². The van der Waals surface area contributed by atoms with E-state index in [4.69, 9.17) is 5.73 Å². The van der Waals surface area contributed by atoms with Gasteiger partial charge in [0.05, 0.1) is 0 Å². The lowest BCUT2D eigenvalue weighted by Gasteiger charge is -2.13. The van der Waals surface area contributed by atoms with E-state index in [2.05, 4.69) is 10.3 Å². The SMILES string of the molecule is CCn1ccnc1NC(C)CC(N)=O. The van der Waals surface area contributed by atoms with Crippen LogP contribution in [0, 0.1) is 0 Å². The molecule has 1 amide bonds. The van der Waals surface area contributed by atoms with E-state index in [1.165, 1.54) is 0 Å². The molecule has 0 aliphatic rings. The van der Waals surface area contributed by atoms with Crippen LogP contribution in [0.25, 0.3) is 0 Å². The van der Waals surface area contributed by atoms with Crippen molar-refractivity contribution in [2.75, 3.05) is 5.32 Å². The van der Waals surface area contributed by atoms with Crippen LogP contribution in [-0.2, 0) is 11.3 Å². The fourth-order valence-corrected chi connectivity index (χ4v) is 1.28. The number of imidazole rings is 1. The van der Waals surface area contributed by atoms with Crippen LogP contribution in [-0.4, -0.2) is 21.5 Å². The van der Waals surface area contributed by atoms with Crippen LogP contribution in [0.4, 0.5) is 5.95 Å². The zero-order valence-corrected chi connectivity index (χ0v) is 8.53. The van der Waals surface area contributed by atoms with Crippen LogP contribution in [0.1, 0.15) is 20.3 Å². The van der Waals surface area contributed by atoms with Crippen molar-refractivity contribution >= 4 is 11.9 Å². The third-order valence-corrected chi connectivity index (χ3v) is 1.94. The van der Waals surface area contributed by atoms with Crippen molar-refractivity contribution in [3.63, 3.8) is 0 Å². The first kappa shape index (κ1) is 10.6. The molecule has 1 aromatic rings. The summed E-state index contributed by atoms with van der Waals surface area (Å²) in [6.07, 6.45) is 3.93. The van der Waals surface area contributed by atoms with Crippen molar-refractivity contribution in [1.29, 1.82) is 0 Å². The number of hydrogen-bond acceptors (Lipinski definition) is 3. The van der Waals surface area contributed by atoms with Gasteiger partial charge in [0.2, 0.25) is 11.9 Å². The molecular formula is C9H16N4O. The van der Waals surface area contributed by atoms with Gasteiger partial charge in [-0.2, -0.15) is 0 Å². The molecule has 14 heavy (non-hydrogen) atoms. The molecule has 0 aromatic carbocycles. The quantitative estimate of drug-likeness (QED) is 0.723. The van der Waals surface area contributed by atoms with Gasteiger partial charge in [-0.15, -0.1) is 0 Å². The summed E-state index contributed by atoms with van der Waals surface area (Å²) in [5, 5.41) is 3.12. The highest BCUT2D eigenvalue weighted by Crippen LogP contribution is 2.06. The second-order valence-electron chi connectivity index (χ2n) is 3.25. The first-order valence-electron chi connectivity index (χ1n) is 4.69. The fraction of sp³-hybridized carbons (Fsp3) is 0.556. The number of aromatic nitrogens is 2. The molecule has 1 aromatic heterocycles. The molecule has 3 N–H and O–H groups in total. The molecule has 0 saturated heterocycles. The average Bonchev–Trinajstić information content (AvgIpc) is 2.50. The summed E-state index contributed by atoms with van der Waals surface area (Å²) in [4.78, 5) is 14.8. The highest BCUT2D eigenvalue weighted by atomic mass is 16.1. The number of primary amides is 1. The van der Waals surface area contributed by atoms with Crippen molar-refractivity contribution in [2.24, 2.45) is 5.73 Å². The van der Waals surface area contributed by atoms with E-state index in [9.17, 15) is 4.79 Å². The van der Waals surface area contributed by atoms with E-state index >= 15 is 0 Å². The van der Waals surface area contributed by atoms with Gasteiger partial charge >= 0.3 is 0 Å². The number of anilines is 1. The van der Waals surface area contributed by atoms with Gasteiger partial charge in [-0.3, -0.25) is 4.79 Å². The summed E-state index contributed by atoms with van der Waals surface area (Å²) in [5.41, 5.74) is 5.09. The van der Waals surface area contributed by atoms with Gasteiger partial charge in [-0.1, -0.05) is 0 Å². The number of carbonyl (C=O) groups is 1. The zero-order valence-electron chi connectivity index (χ0n) is 8.53. The molecule has 1 rings (SSSR count). The zero-order chi connectivity index (χ0) is 10.6. The van der Waals surface area contributed by atoms with Gasteiger partial charge < -0.3 is 15.6 Å². The largest absolute Gasteiger partial charge is 0.370 e. The van der Waals surface area contributed by atoms with Crippen molar-refractivity contribution in [1.82, 2.24) is 9.55 Å². The lowest BCUT2D eigenvalue weighted by molar-refractivity contribution is -0.118. The second-order valence-corrected chi connectivity index (χ2v) is 3.25. The predicted molar refractivity (Wildman–Crippen MR) is 54.8 cm³/mol. The first-order valence-corrected chi connectivity index (χ1v) is 4.69. The topological polar surface area (TPSA) is 72.9 Å². The van der Waals surface area contributed by atoms with Gasteiger partial charge in [-0.05, 0) is 13.8 Å². The fourth-order valence-electron chi connectivity index (χ4n) is 1.28. The highest BCUT2D eigenvalue weighted by Gasteiger charge is 2.08. The van der Waals surface area contributed by atoms with Gasteiger partial charge in [0, 0.05) is 31.4 Å². The summed E-state index contributed by atoms with van der Waals surface area (Å²) in [6, 6.07) is 0.0141. The summed E-state index contributed by atoms with van der Waals surface area (Å²) in [6.45, 7) is 4.79. The van der Waals surface area contributed by atoms with Crippen molar-refractivity contribution in [3.8, 4) is 0 Å². The summed E-state index contributed by atoms with van der Waals surface area (Å²) >= 11 is 0. The molecule has 0 bridgehead atoms. The summed E-state index contributed by atoms with van der Waals surface area (Å²) in [5.74, 6) is 0.473. The minimum absolute atomic E-state index is 0.0141. The molecule has 0 fully saturated rings. The van der Waals surface area contributed by atoms with Crippen molar-refractivity contribution < 1.29 is 4.79 Å². The minimum Gasteiger partial charge on any atom is -0.370 e. The maximum Gasteiger partial charge on any atom is 0.219 e. The second kappa shape index (κ2) is 4.64. The third kappa shape index (κ3) is 2.76. The Bertz CT molecular complexity index is 308. The number of hydrogen-bond donors (Lipinski definition) is 2. The molecule has 5 heteroatoms. The van der Waals surface area contributed by atoms with Crippen LogP contribution in [0.5, 0.6) is 0 Å². The van der Waals surface area contributed by atoms with E-state index < -0.39 is 0 Å². The molecule has 1 unspecified atom stereocenters. The standard InChI is InChI=1S/C9H16N4O/c1-3-13-5-4-11-9(13)12-7(2)6-8(10)14/h4-5,7H,3,6H2,1-2H3,(H2,10,14)(H,11,12). The Morgan fingerprint density at radius 2 is 2.50 bits per heavy atom. The molecule has 0 saturated carbocycles. The van der Waals surface area contributed by atoms with Crippen LogP contribution in [0.3, 0.4) is 0 Å². The Morgan fingerprint density at radius 1 is 1.79 bits per heavy atom. The average molecular weight is 196 g/mol. The van der Waals surface area contributed by atoms with Crippen molar-refractivity contribution in [3.05, 3.63) is 12.4 Å². The lowest BCUT2D eigenvalue weighted by Crippen LogP contribution is -2.25. The smallest absolute Gasteiger partial charge is 0.219 e. The van der Waals surface area contributed by atoms with Crippen molar-refractivity contribution in [2.45, 2.75) is 32.9 Å². The lowest BCUT2D eigenvalue weighted by atomic mass is 10.2. The van der Waals surface area contributed by atoms with Crippen LogP contribution < -0.4 is 11.1 Å². The molecule has 0 spiro atoms. The molecule has 1 atom stereocenters. The Balaban J connectivity index is 2.55. The van der Waals surface area contributed by atoms with Gasteiger partial charge in [0.25, 0.3) is 0 Å². The number of nitrogens with one attached hydrogen (secondary N) is 1. The Labute approximate surface area is 83.3 Å². The number of carbonyl (C=O) groups excluding carboxylic acids is 1. The number of amides is 1. The maximum atomic E-state index is 10.6. The normalized spacial score (nSPS) is 12.4. The van der Waals surface area contributed by atoms with E-state index in [1.54, 1.807) is 6.20 Å². The van der Waals surface area contributed by atoms with E-state index in [-0.39, 0.29) is 11.9 Å². The van der Waals surface area contributed by atoms with Crippen LogP contribution in [0.2, 0.25) is 0 Å². The number of rotatable bonds is 5. The molecule has 1 heterocycles. The first-order chi connectivity index (χ1) is 6.63. The monoisotopic (exact) mass is 196 g/mol. The maximum absolute atomic E-state index is 10.6. The number of aryl methyl sites for hydroxylation is 1. The molecule has 5 nitrogen and oxygen atoms in total. The molecular weight excluding hydrogens is 180 g/mol. The predicted octanol–water partition coefficient (Wildman–Crippen LogP) is 0.579. The molecule has 0 aliphatic heterocycles. The Kier molecular flexibility index (Phi) is 3.50. The van der Waals surface area contributed by atoms with Crippen LogP contribution in [0.15, 0.2) is 12.4 Å². The Morgan fingerprint density at radius 3 is 3.07 bits per heavy atom. The number of nitrogens with zero attached hydrogens (tertiary/aromatic N) is 2. The minimum atomic E-state index is -0.306. The van der Waals surface area contributed by atoms with Crippen LogP contribution >= 0.6 is 0 Å². The van der Waals surface area contributed by atoms with E-state index in [0.717, 1.165) is 12.5 Å². The Hall–Kier alpha value is -1.52. The van der Waals surface area contributed by atoms with Gasteiger partial charge in [0.15, 0.2) is 0 Å².